The predicted molar refractivity (Wildman–Crippen MR) is 82.6 cm³/mol. The van der Waals surface area contributed by atoms with Crippen molar-refractivity contribution in [2.45, 2.75) is 45.7 Å². The molecule has 1 N–H and O–H groups in total. The SMILES string of the molecule is CCn1nc(C)c(CNS(=O)(=O)c2ccc(C)cc2)c1C. The maximum Gasteiger partial charge on any atom is 0.240 e. The van der Waals surface area contributed by atoms with Gasteiger partial charge in [0.25, 0.3) is 0 Å². The minimum Gasteiger partial charge on any atom is -0.270 e. The Morgan fingerprint density at radius 3 is 2.29 bits per heavy atom. The monoisotopic (exact) mass is 307 g/mol. The lowest BCUT2D eigenvalue weighted by Crippen LogP contribution is -2.23. The van der Waals surface area contributed by atoms with Crippen LogP contribution in [0, 0.1) is 20.8 Å². The molecule has 1 aromatic carbocycles. The first-order chi connectivity index (χ1) is 9.85. The molecule has 0 saturated heterocycles. The maximum atomic E-state index is 12.3. The van der Waals surface area contributed by atoms with Crippen LogP contribution in [0.15, 0.2) is 29.2 Å². The number of aromatic nitrogens is 2. The molecule has 2 rings (SSSR count). The quantitative estimate of drug-likeness (QED) is 0.922. The standard InChI is InChI=1S/C15H21N3O2S/c1-5-18-13(4)15(12(3)17-18)10-16-21(19,20)14-8-6-11(2)7-9-14/h6-9,16H,5,10H2,1-4H3. The van der Waals surface area contributed by atoms with Gasteiger partial charge in [-0.05, 0) is 39.8 Å². The van der Waals surface area contributed by atoms with Crippen LogP contribution >= 0.6 is 0 Å². The van der Waals surface area contributed by atoms with Crippen LogP contribution in [-0.4, -0.2) is 18.2 Å². The van der Waals surface area contributed by atoms with Crippen LogP contribution in [0.1, 0.15) is 29.4 Å². The first-order valence-corrected chi connectivity index (χ1v) is 8.42. The normalized spacial score (nSPS) is 11.8. The first kappa shape index (κ1) is 15.7. The van der Waals surface area contributed by atoms with Crippen LogP contribution in [0.2, 0.25) is 0 Å². The van der Waals surface area contributed by atoms with Crippen molar-refractivity contribution in [1.82, 2.24) is 14.5 Å². The Kier molecular flexibility index (Phi) is 4.49. The molecular formula is C15H21N3O2S. The van der Waals surface area contributed by atoms with E-state index in [0.29, 0.717) is 0 Å². The minimum atomic E-state index is -3.49. The Morgan fingerprint density at radius 1 is 1.14 bits per heavy atom. The Hall–Kier alpha value is -1.66. The van der Waals surface area contributed by atoms with E-state index in [4.69, 9.17) is 0 Å². The van der Waals surface area contributed by atoms with Crippen LogP contribution in [-0.2, 0) is 23.1 Å². The molecule has 1 heterocycles. The number of nitrogens with one attached hydrogen (secondary N) is 1. The summed E-state index contributed by atoms with van der Waals surface area (Å²) in [5, 5.41) is 4.40. The smallest absolute Gasteiger partial charge is 0.240 e. The molecule has 0 amide bonds. The summed E-state index contributed by atoms with van der Waals surface area (Å²) in [4.78, 5) is 0.284. The van der Waals surface area contributed by atoms with Gasteiger partial charge in [0.05, 0.1) is 10.6 Å². The van der Waals surface area contributed by atoms with Crippen molar-refractivity contribution in [1.29, 1.82) is 0 Å². The third kappa shape index (κ3) is 3.33. The van der Waals surface area contributed by atoms with Gasteiger partial charge in [0.1, 0.15) is 0 Å². The molecule has 0 spiro atoms. The number of hydrogen-bond donors (Lipinski definition) is 1. The summed E-state index contributed by atoms with van der Waals surface area (Å²) in [6.07, 6.45) is 0. The molecule has 0 aliphatic heterocycles. The second-order valence-corrected chi connectivity index (χ2v) is 6.87. The van der Waals surface area contributed by atoms with E-state index in [2.05, 4.69) is 9.82 Å². The highest BCUT2D eigenvalue weighted by atomic mass is 32.2. The van der Waals surface area contributed by atoms with E-state index >= 15 is 0 Å². The van der Waals surface area contributed by atoms with Crippen LogP contribution in [0.25, 0.3) is 0 Å². The van der Waals surface area contributed by atoms with E-state index in [-0.39, 0.29) is 11.4 Å². The average Bonchev–Trinajstić information content (AvgIpc) is 2.71. The third-order valence-corrected chi connectivity index (χ3v) is 5.02. The molecule has 6 heteroatoms. The van der Waals surface area contributed by atoms with Gasteiger partial charge in [-0.1, -0.05) is 17.7 Å². The summed E-state index contributed by atoms with van der Waals surface area (Å²) >= 11 is 0. The largest absolute Gasteiger partial charge is 0.270 e. The zero-order chi connectivity index (χ0) is 15.6. The van der Waals surface area contributed by atoms with Gasteiger partial charge < -0.3 is 0 Å². The van der Waals surface area contributed by atoms with Gasteiger partial charge in [-0.25, -0.2) is 13.1 Å². The van der Waals surface area contributed by atoms with Crippen LogP contribution < -0.4 is 4.72 Å². The molecular weight excluding hydrogens is 286 g/mol. The molecule has 0 bridgehead atoms. The zero-order valence-electron chi connectivity index (χ0n) is 12.8. The lowest BCUT2D eigenvalue weighted by atomic mass is 10.2. The number of sulfonamides is 1. The summed E-state index contributed by atoms with van der Waals surface area (Å²) in [5.74, 6) is 0. The van der Waals surface area contributed by atoms with Crippen LogP contribution in [0.4, 0.5) is 0 Å². The topological polar surface area (TPSA) is 64.0 Å². The highest BCUT2D eigenvalue weighted by Crippen LogP contribution is 2.15. The van der Waals surface area contributed by atoms with E-state index < -0.39 is 10.0 Å². The zero-order valence-corrected chi connectivity index (χ0v) is 13.7. The summed E-state index contributed by atoms with van der Waals surface area (Å²) in [7, 11) is -3.49. The second kappa shape index (κ2) is 5.99. The van der Waals surface area contributed by atoms with E-state index in [1.54, 1.807) is 24.3 Å². The molecule has 114 valence electrons. The van der Waals surface area contributed by atoms with Gasteiger partial charge in [-0.2, -0.15) is 5.10 Å². The van der Waals surface area contributed by atoms with Crippen molar-refractivity contribution in [3.05, 3.63) is 46.8 Å². The molecule has 0 atom stereocenters. The van der Waals surface area contributed by atoms with Gasteiger partial charge in [-0.15, -0.1) is 0 Å². The second-order valence-electron chi connectivity index (χ2n) is 5.10. The predicted octanol–water partition coefficient (Wildman–Crippen LogP) is 2.31. The van der Waals surface area contributed by atoms with Crippen molar-refractivity contribution >= 4 is 10.0 Å². The van der Waals surface area contributed by atoms with Gasteiger partial charge in [0.2, 0.25) is 10.0 Å². The van der Waals surface area contributed by atoms with Gasteiger partial charge >= 0.3 is 0 Å². The van der Waals surface area contributed by atoms with Crippen molar-refractivity contribution in [3.63, 3.8) is 0 Å². The van der Waals surface area contributed by atoms with Crippen LogP contribution in [0.3, 0.4) is 0 Å². The molecule has 0 radical (unpaired) electrons. The Bertz CT molecular complexity index is 731. The van der Waals surface area contributed by atoms with Gasteiger partial charge in [-0.3, -0.25) is 4.68 Å². The van der Waals surface area contributed by atoms with Gasteiger partial charge in [0, 0.05) is 24.3 Å². The average molecular weight is 307 g/mol. The van der Waals surface area contributed by atoms with Crippen molar-refractivity contribution < 1.29 is 8.42 Å². The lowest BCUT2D eigenvalue weighted by molar-refractivity contribution is 0.581. The number of hydrogen-bond acceptors (Lipinski definition) is 3. The van der Waals surface area contributed by atoms with Crippen molar-refractivity contribution in [2.75, 3.05) is 0 Å². The fourth-order valence-corrected chi connectivity index (χ4v) is 3.26. The molecule has 5 nitrogen and oxygen atoms in total. The fourth-order valence-electron chi connectivity index (χ4n) is 2.27. The highest BCUT2D eigenvalue weighted by Gasteiger charge is 2.16. The molecule has 0 fully saturated rings. The molecule has 1 aromatic heterocycles. The molecule has 0 unspecified atom stereocenters. The molecule has 2 aromatic rings. The fraction of sp³-hybridized carbons (Fsp3) is 0.400. The van der Waals surface area contributed by atoms with E-state index in [1.807, 2.05) is 32.4 Å². The Balaban J connectivity index is 2.19. The van der Waals surface area contributed by atoms with Crippen LogP contribution in [0.5, 0.6) is 0 Å². The summed E-state index contributed by atoms with van der Waals surface area (Å²) < 4.78 is 29.1. The number of rotatable bonds is 5. The lowest BCUT2D eigenvalue weighted by Gasteiger charge is -2.08. The molecule has 21 heavy (non-hydrogen) atoms. The number of nitrogens with zero attached hydrogens (tertiary/aromatic N) is 2. The van der Waals surface area contributed by atoms with E-state index in [9.17, 15) is 8.42 Å². The first-order valence-electron chi connectivity index (χ1n) is 6.94. The third-order valence-electron chi connectivity index (χ3n) is 3.60. The number of aryl methyl sites for hydroxylation is 3. The molecule has 0 saturated carbocycles. The summed E-state index contributed by atoms with van der Waals surface area (Å²) in [6, 6.07) is 6.82. The molecule has 0 aliphatic carbocycles. The van der Waals surface area contributed by atoms with E-state index in [1.165, 1.54) is 0 Å². The van der Waals surface area contributed by atoms with Crippen molar-refractivity contribution in [2.24, 2.45) is 0 Å². The minimum absolute atomic E-state index is 0.258. The summed E-state index contributed by atoms with van der Waals surface area (Å²) in [5.41, 5.74) is 3.83. The summed E-state index contributed by atoms with van der Waals surface area (Å²) in [6.45, 7) is 8.83. The highest BCUT2D eigenvalue weighted by molar-refractivity contribution is 7.89. The van der Waals surface area contributed by atoms with Crippen molar-refractivity contribution in [3.8, 4) is 0 Å². The van der Waals surface area contributed by atoms with Gasteiger partial charge in [0.15, 0.2) is 0 Å². The molecule has 0 aliphatic rings. The maximum absolute atomic E-state index is 12.3. The Labute approximate surface area is 126 Å². The number of benzene rings is 1. The Morgan fingerprint density at radius 2 is 1.76 bits per heavy atom. The van der Waals surface area contributed by atoms with E-state index in [0.717, 1.165) is 29.1 Å².